The van der Waals surface area contributed by atoms with E-state index in [1.807, 2.05) is 23.1 Å². The van der Waals surface area contributed by atoms with Crippen molar-refractivity contribution >= 4 is 21.8 Å². The molecule has 3 heteroatoms. The summed E-state index contributed by atoms with van der Waals surface area (Å²) in [5.41, 5.74) is 3.68. The highest BCUT2D eigenvalue weighted by Crippen LogP contribution is 2.40. The smallest absolute Gasteiger partial charge is 0.223 e. The molecule has 1 heterocycles. The maximum Gasteiger partial charge on any atom is 0.223 e. The zero-order valence-corrected chi connectivity index (χ0v) is 14.3. The van der Waals surface area contributed by atoms with E-state index in [0.29, 0.717) is 13.0 Å². The third-order valence-corrected chi connectivity index (χ3v) is 4.73. The summed E-state index contributed by atoms with van der Waals surface area (Å²) in [5, 5.41) is 0. The molecule has 1 atom stereocenters. The molecule has 0 bridgehead atoms. The van der Waals surface area contributed by atoms with E-state index in [1.165, 1.54) is 16.7 Å². The lowest BCUT2D eigenvalue weighted by Gasteiger charge is -2.26. The number of carbonyl (C=O) groups excluding carboxylic acids is 1. The molecule has 0 aliphatic carbocycles. The lowest BCUT2D eigenvalue weighted by molar-refractivity contribution is -0.132. The number of fused-ring (bicyclic) bond motifs is 1. The van der Waals surface area contributed by atoms with Crippen LogP contribution >= 0.6 is 15.9 Å². The summed E-state index contributed by atoms with van der Waals surface area (Å²) in [6.45, 7) is 2.83. The van der Waals surface area contributed by atoms with Crippen molar-refractivity contribution in [1.29, 1.82) is 0 Å². The molecule has 2 nitrogen and oxygen atoms in total. The van der Waals surface area contributed by atoms with Crippen molar-refractivity contribution in [3.05, 3.63) is 69.7 Å². The SMILES string of the molecule is CCCCC(=O)N1Cc2cc(Br)ccc2C1c1ccccc1. The van der Waals surface area contributed by atoms with Gasteiger partial charge in [0.15, 0.2) is 0 Å². The quantitative estimate of drug-likeness (QED) is 0.747. The molecule has 0 spiro atoms. The fourth-order valence-corrected chi connectivity index (χ4v) is 3.53. The van der Waals surface area contributed by atoms with Crippen molar-refractivity contribution in [2.75, 3.05) is 0 Å². The van der Waals surface area contributed by atoms with E-state index in [9.17, 15) is 4.79 Å². The lowest BCUT2D eigenvalue weighted by Crippen LogP contribution is -2.29. The fraction of sp³-hybridized carbons (Fsp3) is 0.316. The average Bonchev–Trinajstić information content (AvgIpc) is 2.91. The first-order chi connectivity index (χ1) is 10.7. The van der Waals surface area contributed by atoms with Crippen LogP contribution in [-0.4, -0.2) is 10.8 Å². The molecule has 0 N–H and O–H groups in total. The Morgan fingerprint density at radius 2 is 2.00 bits per heavy atom. The summed E-state index contributed by atoms with van der Waals surface area (Å²) in [6, 6.07) is 16.7. The molecule has 1 amide bonds. The molecule has 0 saturated carbocycles. The van der Waals surface area contributed by atoms with E-state index in [0.717, 1.165) is 17.3 Å². The van der Waals surface area contributed by atoms with E-state index in [4.69, 9.17) is 0 Å². The molecule has 0 saturated heterocycles. The van der Waals surface area contributed by atoms with Crippen LogP contribution in [0.25, 0.3) is 0 Å². The normalized spacial score (nSPS) is 16.6. The molecule has 0 fully saturated rings. The van der Waals surface area contributed by atoms with Crippen LogP contribution in [0.4, 0.5) is 0 Å². The summed E-state index contributed by atoms with van der Waals surface area (Å²) in [5.74, 6) is 0.253. The Morgan fingerprint density at radius 1 is 1.23 bits per heavy atom. The van der Waals surface area contributed by atoms with Gasteiger partial charge in [0.25, 0.3) is 0 Å². The highest BCUT2D eigenvalue weighted by molar-refractivity contribution is 9.10. The second-order valence-electron chi connectivity index (χ2n) is 5.78. The third kappa shape index (κ3) is 2.95. The number of benzene rings is 2. The fourth-order valence-electron chi connectivity index (χ4n) is 3.12. The molecule has 1 unspecified atom stereocenters. The standard InChI is InChI=1S/C19H20BrNO/c1-2-3-9-18(22)21-13-15-12-16(20)10-11-17(15)19(21)14-7-5-4-6-8-14/h4-8,10-12,19H,2-3,9,13H2,1H3. The Morgan fingerprint density at radius 3 is 2.73 bits per heavy atom. The van der Waals surface area contributed by atoms with Crippen molar-refractivity contribution in [3.63, 3.8) is 0 Å². The number of nitrogens with zero attached hydrogens (tertiary/aromatic N) is 1. The summed E-state index contributed by atoms with van der Waals surface area (Å²) in [6.07, 6.45) is 2.64. The monoisotopic (exact) mass is 357 g/mol. The Hall–Kier alpha value is -1.61. The number of carbonyl (C=O) groups is 1. The first-order valence-corrected chi connectivity index (χ1v) is 8.62. The van der Waals surface area contributed by atoms with Crippen LogP contribution in [0, 0.1) is 0 Å². The molecule has 1 aliphatic rings. The Bertz CT molecular complexity index is 668. The van der Waals surface area contributed by atoms with E-state index < -0.39 is 0 Å². The summed E-state index contributed by atoms with van der Waals surface area (Å²) < 4.78 is 1.07. The third-order valence-electron chi connectivity index (χ3n) is 4.23. The van der Waals surface area contributed by atoms with E-state index in [1.54, 1.807) is 0 Å². The van der Waals surface area contributed by atoms with Gasteiger partial charge in [0.05, 0.1) is 6.04 Å². The molecule has 114 valence electrons. The molecule has 3 rings (SSSR count). The van der Waals surface area contributed by atoms with E-state index in [2.05, 4.69) is 53.2 Å². The lowest BCUT2D eigenvalue weighted by atomic mass is 9.98. The van der Waals surface area contributed by atoms with Gasteiger partial charge in [-0.05, 0) is 35.2 Å². The van der Waals surface area contributed by atoms with Crippen molar-refractivity contribution in [1.82, 2.24) is 4.90 Å². The van der Waals surface area contributed by atoms with Gasteiger partial charge in [0, 0.05) is 17.4 Å². The zero-order chi connectivity index (χ0) is 15.5. The zero-order valence-electron chi connectivity index (χ0n) is 12.8. The van der Waals surface area contributed by atoms with Crippen LogP contribution in [0.15, 0.2) is 53.0 Å². The summed E-state index contributed by atoms with van der Waals surface area (Å²) >= 11 is 3.54. The Balaban J connectivity index is 1.98. The van der Waals surface area contributed by atoms with Crippen molar-refractivity contribution < 1.29 is 4.79 Å². The number of hydrogen-bond donors (Lipinski definition) is 0. The van der Waals surface area contributed by atoms with Crippen molar-refractivity contribution in [3.8, 4) is 0 Å². The predicted octanol–water partition coefficient (Wildman–Crippen LogP) is 5.07. The molecule has 0 radical (unpaired) electrons. The van der Waals surface area contributed by atoms with Gasteiger partial charge in [-0.15, -0.1) is 0 Å². The summed E-state index contributed by atoms with van der Waals surface area (Å²) in [4.78, 5) is 14.7. The van der Waals surface area contributed by atoms with Crippen LogP contribution < -0.4 is 0 Å². The number of hydrogen-bond acceptors (Lipinski definition) is 1. The molecular formula is C19H20BrNO. The van der Waals surface area contributed by atoms with Gasteiger partial charge in [0.1, 0.15) is 0 Å². The molecule has 2 aromatic carbocycles. The first kappa shape index (κ1) is 15.3. The molecule has 1 aliphatic heterocycles. The van der Waals surface area contributed by atoms with Gasteiger partial charge in [-0.1, -0.05) is 65.7 Å². The van der Waals surface area contributed by atoms with Crippen LogP contribution in [0.1, 0.15) is 48.9 Å². The molecule has 22 heavy (non-hydrogen) atoms. The van der Waals surface area contributed by atoms with Gasteiger partial charge in [-0.2, -0.15) is 0 Å². The summed E-state index contributed by atoms with van der Waals surface area (Å²) in [7, 11) is 0. The maximum atomic E-state index is 12.7. The molecule has 0 aromatic heterocycles. The topological polar surface area (TPSA) is 20.3 Å². The second-order valence-corrected chi connectivity index (χ2v) is 6.70. The Labute approximate surface area is 140 Å². The maximum absolute atomic E-state index is 12.7. The highest BCUT2D eigenvalue weighted by atomic mass is 79.9. The first-order valence-electron chi connectivity index (χ1n) is 7.83. The predicted molar refractivity (Wildman–Crippen MR) is 92.5 cm³/mol. The molecular weight excluding hydrogens is 338 g/mol. The number of unbranched alkanes of at least 4 members (excludes halogenated alkanes) is 1. The van der Waals surface area contributed by atoms with Crippen LogP contribution in [0.2, 0.25) is 0 Å². The van der Waals surface area contributed by atoms with Crippen LogP contribution in [0.5, 0.6) is 0 Å². The van der Waals surface area contributed by atoms with Gasteiger partial charge in [-0.3, -0.25) is 4.79 Å². The van der Waals surface area contributed by atoms with Gasteiger partial charge in [-0.25, -0.2) is 0 Å². The second kappa shape index (κ2) is 6.66. The minimum absolute atomic E-state index is 0.0497. The minimum Gasteiger partial charge on any atom is -0.327 e. The van der Waals surface area contributed by atoms with Crippen LogP contribution in [0.3, 0.4) is 0 Å². The van der Waals surface area contributed by atoms with Gasteiger partial charge < -0.3 is 4.90 Å². The molecule has 2 aromatic rings. The number of amides is 1. The van der Waals surface area contributed by atoms with E-state index in [-0.39, 0.29) is 11.9 Å². The van der Waals surface area contributed by atoms with Crippen LogP contribution in [-0.2, 0) is 11.3 Å². The number of rotatable bonds is 4. The van der Waals surface area contributed by atoms with Crippen molar-refractivity contribution in [2.45, 2.75) is 38.8 Å². The van der Waals surface area contributed by atoms with Gasteiger partial charge in [0.2, 0.25) is 5.91 Å². The highest BCUT2D eigenvalue weighted by Gasteiger charge is 2.34. The minimum atomic E-state index is 0.0497. The number of halogens is 1. The van der Waals surface area contributed by atoms with Gasteiger partial charge >= 0.3 is 0 Å². The van der Waals surface area contributed by atoms with E-state index >= 15 is 0 Å². The Kier molecular flexibility index (Phi) is 4.63. The average molecular weight is 358 g/mol. The van der Waals surface area contributed by atoms with Crippen molar-refractivity contribution in [2.24, 2.45) is 0 Å². The largest absolute Gasteiger partial charge is 0.327 e.